The second-order valence-corrected chi connectivity index (χ2v) is 3.90. The minimum absolute atomic E-state index is 0.223. The van der Waals surface area contributed by atoms with Crippen LogP contribution >= 0.6 is 11.3 Å². The second-order valence-electron chi connectivity index (χ2n) is 2.99. The standard InChI is InChI=1S/C8H8N4O2S/c1-5-2-3-15-7(5)8-9-10-11-12(8)4-6(13)14/h2-3H,4H2,1H3,(H,13,14). The average Bonchev–Trinajstić information content (AvgIpc) is 2.73. The minimum Gasteiger partial charge on any atom is -0.480 e. The summed E-state index contributed by atoms with van der Waals surface area (Å²) in [6, 6.07) is 1.94. The van der Waals surface area contributed by atoms with Gasteiger partial charge in [0.2, 0.25) is 0 Å². The average molecular weight is 224 g/mol. The summed E-state index contributed by atoms with van der Waals surface area (Å²) in [6.45, 7) is 1.71. The van der Waals surface area contributed by atoms with Gasteiger partial charge in [0.1, 0.15) is 6.54 Å². The van der Waals surface area contributed by atoms with E-state index < -0.39 is 5.97 Å². The number of carboxylic acid groups (broad SMARTS) is 1. The van der Waals surface area contributed by atoms with E-state index >= 15 is 0 Å². The van der Waals surface area contributed by atoms with E-state index in [1.807, 2.05) is 18.4 Å². The molecule has 0 aliphatic heterocycles. The van der Waals surface area contributed by atoms with E-state index in [0.29, 0.717) is 5.82 Å². The first-order valence-electron chi connectivity index (χ1n) is 4.21. The molecule has 0 unspecified atom stereocenters. The fraction of sp³-hybridized carbons (Fsp3) is 0.250. The molecule has 1 N–H and O–H groups in total. The van der Waals surface area contributed by atoms with Gasteiger partial charge in [-0.25, -0.2) is 4.68 Å². The molecule has 6 nitrogen and oxygen atoms in total. The molecule has 0 saturated heterocycles. The largest absolute Gasteiger partial charge is 0.480 e. The highest BCUT2D eigenvalue weighted by Gasteiger charge is 2.14. The zero-order chi connectivity index (χ0) is 10.8. The zero-order valence-corrected chi connectivity index (χ0v) is 8.73. The van der Waals surface area contributed by atoms with Crippen LogP contribution in [0.2, 0.25) is 0 Å². The smallest absolute Gasteiger partial charge is 0.325 e. The molecule has 0 aliphatic carbocycles. The molecule has 78 valence electrons. The lowest BCUT2D eigenvalue weighted by Crippen LogP contribution is -2.11. The number of carboxylic acids is 1. The van der Waals surface area contributed by atoms with Crippen molar-refractivity contribution in [2.24, 2.45) is 0 Å². The highest BCUT2D eigenvalue weighted by atomic mass is 32.1. The molecule has 2 rings (SSSR count). The Morgan fingerprint density at radius 2 is 2.47 bits per heavy atom. The quantitative estimate of drug-likeness (QED) is 0.833. The summed E-state index contributed by atoms with van der Waals surface area (Å²) < 4.78 is 1.28. The van der Waals surface area contributed by atoms with Gasteiger partial charge in [-0.3, -0.25) is 4.79 Å². The zero-order valence-electron chi connectivity index (χ0n) is 7.91. The monoisotopic (exact) mass is 224 g/mol. The Labute approximate surface area is 89.2 Å². The van der Waals surface area contributed by atoms with Crippen molar-refractivity contribution in [3.63, 3.8) is 0 Å². The molecule has 0 radical (unpaired) electrons. The summed E-state index contributed by atoms with van der Waals surface area (Å²) in [6.07, 6.45) is 0. The lowest BCUT2D eigenvalue weighted by Gasteiger charge is -1.99. The van der Waals surface area contributed by atoms with E-state index in [9.17, 15) is 4.79 Å². The summed E-state index contributed by atoms with van der Waals surface area (Å²) >= 11 is 1.49. The Kier molecular flexibility index (Phi) is 2.46. The number of tetrazole rings is 1. The SMILES string of the molecule is Cc1ccsc1-c1nnnn1CC(=O)O. The summed E-state index contributed by atoms with van der Waals surface area (Å²) in [7, 11) is 0. The number of hydrogen-bond acceptors (Lipinski definition) is 5. The normalized spacial score (nSPS) is 10.5. The highest BCUT2D eigenvalue weighted by Crippen LogP contribution is 2.26. The van der Waals surface area contributed by atoms with Crippen molar-refractivity contribution in [3.05, 3.63) is 17.0 Å². The van der Waals surface area contributed by atoms with Gasteiger partial charge in [-0.2, -0.15) is 0 Å². The van der Waals surface area contributed by atoms with E-state index in [4.69, 9.17) is 5.11 Å². The number of hydrogen-bond donors (Lipinski definition) is 1. The maximum atomic E-state index is 10.6. The third-order valence-electron chi connectivity index (χ3n) is 1.88. The number of aryl methyl sites for hydroxylation is 1. The Hall–Kier alpha value is -1.76. The lowest BCUT2D eigenvalue weighted by atomic mass is 10.3. The number of rotatable bonds is 3. The molecule has 15 heavy (non-hydrogen) atoms. The molecule has 7 heteroatoms. The van der Waals surface area contributed by atoms with Crippen molar-refractivity contribution in [2.75, 3.05) is 0 Å². The van der Waals surface area contributed by atoms with Crippen LogP contribution in [0.1, 0.15) is 5.56 Å². The van der Waals surface area contributed by atoms with E-state index in [-0.39, 0.29) is 6.54 Å². The maximum absolute atomic E-state index is 10.6. The molecular formula is C8H8N4O2S. The molecule has 0 amide bonds. The van der Waals surface area contributed by atoms with E-state index in [0.717, 1.165) is 10.4 Å². The molecular weight excluding hydrogens is 216 g/mol. The van der Waals surface area contributed by atoms with Gasteiger partial charge in [-0.05, 0) is 34.4 Å². The molecule has 0 atom stereocenters. The van der Waals surface area contributed by atoms with Crippen LogP contribution in [-0.4, -0.2) is 31.3 Å². The van der Waals surface area contributed by atoms with Gasteiger partial charge in [-0.1, -0.05) is 0 Å². The molecule has 0 aliphatic rings. The van der Waals surface area contributed by atoms with Crippen LogP contribution in [-0.2, 0) is 11.3 Å². The van der Waals surface area contributed by atoms with E-state index in [2.05, 4.69) is 15.5 Å². The third kappa shape index (κ3) is 1.86. The van der Waals surface area contributed by atoms with Gasteiger partial charge >= 0.3 is 5.97 Å². The number of carbonyl (C=O) groups is 1. The number of thiophene rings is 1. The molecule has 0 bridgehead atoms. The highest BCUT2D eigenvalue weighted by molar-refractivity contribution is 7.13. The van der Waals surface area contributed by atoms with E-state index in [1.165, 1.54) is 16.0 Å². The van der Waals surface area contributed by atoms with Crippen LogP contribution in [0.3, 0.4) is 0 Å². The molecule has 0 aromatic carbocycles. The summed E-state index contributed by atoms with van der Waals surface area (Å²) in [5, 5.41) is 21.5. The molecule has 0 saturated carbocycles. The third-order valence-corrected chi connectivity index (χ3v) is 2.89. The number of aliphatic carboxylic acids is 1. The van der Waals surface area contributed by atoms with Crippen LogP contribution in [0.25, 0.3) is 10.7 Å². The van der Waals surface area contributed by atoms with Crippen LogP contribution in [0.4, 0.5) is 0 Å². The van der Waals surface area contributed by atoms with Crippen molar-refractivity contribution in [2.45, 2.75) is 13.5 Å². The molecule has 2 aromatic rings. The Balaban J connectivity index is 2.41. The Bertz CT molecular complexity index is 490. The molecule has 0 spiro atoms. The Morgan fingerprint density at radius 1 is 1.67 bits per heavy atom. The van der Waals surface area contributed by atoms with Gasteiger partial charge < -0.3 is 5.11 Å². The van der Waals surface area contributed by atoms with Crippen molar-refractivity contribution in [1.29, 1.82) is 0 Å². The van der Waals surface area contributed by atoms with Crippen LogP contribution < -0.4 is 0 Å². The first kappa shape index (κ1) is 9.78. The van der Waals surface area contributed by atoms with Crippen molar-refractivity contribution in [1.82, 2.24) is 20.2 Å². The van der Waals surface area contributed by atoms with Crippen LogP contribution in [0, 0.1) is 6.92 Å². The number of aromatic nitrogens is 4. The fourth-order valence-corrected chi connectivity index (χ4v) is 2.12. The predicted molar refractivity (Wildman–Crippen MR) is 53.5 cm³/mol. The van der Waals surface area contributed by atoms with Crippen LogP contribution in [0.5, 0.6) is 0 Å². The molecule has 2 aromatic heterocycles. The van der Waals surface area contributed by atoms with Gasteiger partial charge in [-0.15, -0.1) is 16.4 Å². The predicted octanol–water partition coefficient (Wildman–Crippen LogP) is 0.795. The summed E-state index contributed by atoms with van der Waals surface area (Å²) in [5.41, 5.74) is 1.04. The van der Waals surface area contributed by atoms with Gasteiger partial charge in [0.25, 0.3) is 0 Å². The second kappa shape index (κ2) is 3.77. The van der Waals surface area contributed by atoms with Crippen molar-refractivity contribution in [3.8, 4) is 10.7 Å². The maximum Gasteiger partial charge on any atom is 0.325 e. The molecule has 0 fully saturated rings. The first-order valence-corrected chi connectivity index (χ1v) is 5.09. The topological polar surface area (TPSA) is 80.9 Å². The van der Waals surface area contributed by atoms with Gasteiger partial charge in [0.05, 0.1) is 4.88 Å². The fourth-order valence-electron chi connectivity index (χ4n) is 1.20. The van der Waals surface area contributed by atoms with Gasteiger partial charge in [0.15, 0.2) is 5.82 Å². The lowest BCUT2D eigenvalue weighted by molar-refractivity contribution is -0.137. The minimum atomic E-state index is -0.960. The summed E-state index contributed by atoms with van der Waals surface area (Å²) in [4.78, 5) is 11.5. The Morgan fingerprint density at radius 3 is 3.07 bits per heavy atom. The van der Waals surface area contributed by atoms with Gasteiger partial charge in [0, 0.05) is 0 Å². The number of nitrogens with zero attached hydrogens (tertiary/aromatic N) is 4. The van der Waals surface area contributed by atoms with Crippen molar-refractivity contribution < 1.29 is 9.90 Å². The van der Waals surface area contributed by atoms with E-state index in [1.54, 1.807) is 0 Å². The first-order chi connectivity index (χ1) is 7.18. The summed E-state index contributed by atoms with van der Waals surface area (Å²) in [5.74, 6) is -0.456. The van der Waals surface area contributed by atoms with Crippen LogP contribution in [0.15, 0.2) is 11.4 Å². The molecule has 2 heterocycles. The van der Waals surface area contributed by atoms with Crippen molar-refractivity contribution >= 4 is 17.3 Å².